The van der Waals surface area contributed by atoms with Gasteiger partial charge in [-0.3, -0.25) is 14.6 Å². The number of piperidine rings is 1. The maximum absolute atomic E-state index is 13.2. The van der Waals surface area contributed by atoms with Crippen LogP contribution in [0.3, 0.4) is 0 Å². The molecular formula is C24H36N4O2. The number of nitrogens with one attached hydrogen (secondary N) is 1. The fourth-order valence-corrected chi connectivity index (χ4v) is 5.75. The Morgan fingerprint density at radius 2 is 1.93 bits per heavy atom. The summed E-state index contributed by atoms with van der Waals surface area (Å²) >= 11 is 0. The molecule has 0 spiro atoms. The molecule has 0 radical (unpaired) electrons. The van der Waals surface area contributed by atoms with Gasteiger partial charge in [0.05, 0.1) is 0 Å². The summed E-state index contributed by atoms with van der Waals surface area (Å²) in [6.07, 6.45) is 5.65. The Kier molecular flexibility index (Phi) is 5.54. The molecule has 2 heterocycles. The number of hydrogen-bond donors (Lipinski definition) is 1. The summed E-state index contributed by atoms with van der Waals surface area (Å²) in [5, 5.41) is 3.19. The van der Waals surface area contributed by atoms with Gasteiger partial charge >= 0.3 is 0 Å². The Bertz CT molecular complexity index is 807. The van der Waals surface area contributed by atoms with E-state index in [-0.39, 0.29) is 23.8 Å². The number of likely N-dealkylation sites (tertiary alicyclic amines) is 1. The van der Waals surface area contributed by atoms with Crippen LogP contribution in [-0.4, -0.2) is 54.9 Å². The summed E-state index contributed by atoms with van der Waals surface area (Å²) in [6.45, 7) is 8.13. The topological polar surface area (TPSA) is 65.5 Å². The molecule has 1 aromatic rings. The summed E-state index contributed by atoms with van der Waals surface area (Å²) in [5.74, 6) is 2.28. The molecule has 30 heavy (non-hydrogen) atoms. The van der Waals surface area contributed by atoms with Crippen LogP contribution in [0.1, 0.15) is 56.9 Å². The predicted octanol–water partition coefficient (Wildman–Crippen LogP) is 3.19. The molecule has 1 N–H and O–H groups in total. The first-order valence-electron chi connectivity index (χ1n) is 11.4. The molecule has 2 saturated carbocycles. The summed E-state index contributed by atoms with van der Waals surface area (Å²) < 4.78 is 0. The van der Waals surface area contributed by atoms with Gasteiger partial charge in [-0.1, -0.05) is 20.8 Å². The van der Waals surface area contributed by atoms with Gasteiger partial charge in [-0.15, -0.1) is 0 Å². The van der Waals surface area contributed by atoms with Crippen LogP contribution in [0.4, 0.5) is 5.69 Å². The summed E-state index contributed by atoms with van der Waals surface area (Å²) in [5.41, 5.74) is 1.88. The van der Waals surface area contributed by atoms with Crippen molar-refractivity contribution in [3.63, 3.8) is 0 Å². The fourth-order valence-electron chi connectivity index (χ4n) is 5.75. The van der Waals surface area contributed by atoms with Crippen molar-refractivity contribution in [2.24, 2.45) is 29.1 Å². The van der Waals surface area contributed by atoms with Crippen molar-refractivity contribution < 1.29 is 9.59 Å². The molecule has 4 rings (SSSR count). The fraction of sp³-hybridized carbons (Fsp3) is 0.708. The highest BCUT2D eigenvalue weighted by Crippen LogP contribution is 2.68. The third kappa shape index (κ3) is 3.93. The van der Waals surface area contributed by atoms with E-state index < -0.39 is 0 Å². The summed E-state index contributed by atoms with van der Waals surface area (Å²) in [6, 6.07) is 3.78. The van der Waals surface area contributed by atoms with E-state index in [1.54, 1.807) is 6.20 Å². The number of nitrogens with zero attached hydrogens (tertiary/aromatic N) is 3. The molecule has 0 aromatic carbocycles. The molecule has 6 heteroatoms. The van der Waals surface area contributed by atoms with Gasteiger partial charge in [0.1, 0.15) is 5.69 Å². The number of carbonyl (C=O) groups excluding carboxylic acids is 2. The highest BCUT2D eigenvalue weighted by atomic mass is 16.2. The van der Waals surface area contributed by atoms with Crippen LogP contribution in [0.2, 0.25) is 0 Å². The first-order chi connectivity index (χ1) is 14.2. The average molecular weight is 413 g/mol. The first kappa shape index (κ1) is 21.1. The molecule has 3 aliphatic rings. The van der Waals surface area contributed by atoms with Crippen molar-refractivity contribution in [3.8, 4) is 0 Å². The van der Waals surface area contributed by atoms with Crippen molar-refractivity contribution in [1.82, 2.24) is 15.2 Å². The van der Waals surface area contributed by atoms with E-state index in [4.69, 9.17) is 0 Å². The highest BCUT2D eigenvalue weighted by molar-refractivity contribution is 5.93. The molecule has 1 unspecified atom stereocenters. The zero-order valence-electron chi connectivity index (χ0n) is 19.0. The Morgan fingerprint density at radius 1 is 1.23 bits per heavy atom. The van der Waals surface area contributed by atoms with Crippen molar-refractivity contribution in [2.45, 2.75) is 52.5 Å². The second-order valence-corrected chi connectivity index (χ2v) is 10.5. The quantitative estimate of drug-likeness (QED) is 0.807. The number of rotatable bonds is 5. The van der Waals surface area contributed by atoms with Crippen LogP contribution in [0, 0.1) is 29.1 Å². The van der Waals surface area contributed by atoms with Crippen LogP contribution in [0.25, 0.3) is 0 Å². The van der Waals surface area contributed by atoms with Crippen LogP contribution in [-0.2, 0) is 4.79 Å². The van der Waals surface area contributed by atoms with E-state index >= 15 is 0 Å². The lowest BCUT2D eigenvalue weighted by molar-refractivity contribution is -0.125. The van der Waals surface area contributed by atoms with Crippen LogP contribution < -0.4 is 10.2 Å². The number of carbonyl (C=O) groups is 2. The molecule has 164 valence electrons. The van der Waals surface area contributed by atoms with Gasteiger partial charge in [-0.25, -0.2) is 0 Å². The average Bonchev–Trinajstić information content (AvgIpc) is 3.07. The van der Waals surface area contributed by atoms with Gasteiger partial charge in [-0.05, 0) is 61.0 Å². The Labute approximate surface area is 180 Å². The molecule has 1 aliphatic heterocycles. The second-order valence-electron chi connectivity index (χ2n) is 10.5. The van der Waals surface area contributed by atoms with Crippen LogP contribution >= 0.6 is 0 Å². The normalized spacial score (nSPS) is 31.8. The monoisotopic (exact) mass is 412 g/mol. The van der Waals surface area contributed by atoms with Gasteiger partial charge in [0.15, 0.2) is 0 Å². The van der Waals surface area contributed by atoms with Gasteiger partial charge in [0, 0.05) is 51.0 Å². The molecule has 3 fully saturated rings. The Morgan fingerprint density at radius 3 is 2.60 bits per heavy atom. The molecule has 6 nitrogen and oxygen atoms in total. The number of anilines is 1. The maximum atomic E-state index is 13.2. The zero-order valence-corrected chi connectivity index (χ0v) is 19.0. The number of hydrogen-bond acceptors (Lipinski definition) is 4. The smallest absolute Gasteiger partial charge is 0.272 e. The SMILES string of the molecule is C[C@@H]1CCN(C(=O)c2cc(N(C)C)ccn2)[C@H](CNC(=O)C2C[C@@H]3[C@H](C2)C3(C)C)C1. The van der Waals surface area contributed by atoms with Crippen LogP contribution in [0.5, 0.6) is 0 Å². The van der Waals surface area contributed by atoms with E-state index in [0.29, 0.717) is 23.6 Å². The van der Waals surface area contributed by atoms with Crippen LogP contribution in [0.15, 0.2) is 18.3 Å². The van der Waals surface area contributed by atoms with E-state index in [1.807, 2.05) is 36.0 Å². The molecule has 1 saturated heterocycles. The Balaban J connectivity index is 1.39. The van der Waals surface area contributed by atoms with Crippen molar-refractivity contribution in [2.75, 3.05) is 32.1 Å². The van der Waals surface area contributed by atoms with Crippen molar-refractivity contribution >= 4 is 17.5 Å². The Hall–Kier alpha value is -2.11. The minimum Gasteiger partial charge on any atom is -0.378 e. The molecule has 0 bridgehead atoms. The molecule has 1 aromatic heterocycles. The molecule has 2 aliphatic carbocycles. The third-order valence-electron chi connectivity index (χ3n) is 7.97. The minimum absolute atomic E-state index is 0.0300. The minimum atomic E-state index is -0.0336. The zero-order chi connectivity index (χ0) is 21.6. The lowest BCUT2D eigenvalue weighted by Crippen LogP contribution is -2.51. The van der Waals surface area contributed by atoms with Gasteiger partial charge < -0.3 is 15.1 Å². The van der Waals surface area contributed by atoms with E-state index in [2.05, 4.69) is 31.1 Å². The number of pyridine rings is 1. The molecular weight excluding hydrogens is 376 g/mol. The van der Waals surface area contributed by atoms with Crippen molar-refractivity contribution in [1.29, 1.82) is 0 Å². The van der Waals surface area contributed by atoms with Crippen molar-refractivity contribution in [3.05, 3.63) is 24.0 Å². The third-order valence-corrected chi connectivity index (χ3v) is 7.97. The van der Waals surface area contributed by atoms with Gasteiger partial charge in [-0.2, -0.15) is 0 Å². The molecule has 2 amide bonds. The lowest BCUT2D eigenvalue weighted by atomic mass is 9.91. The van der Waals surface area contributed by atoms with E-state index in [9.17, 15) is 9.59 Å². The van der Waals surface area contributed by atoms with E-state index in [0.717, 1.165) is 49.8 Å². The summed E-state index contributed by atoms with van der Waals surface area (Å²) in [7, 11) is 3.91. The number of fused-ring (bicyclic) bond motifs is 1. The highest BCUT2D eigenvalue weighted by Gasteiger charge is 2.62. The maximum Gasteiger partial charge on any atom is 0.272 e. The summed E-state index contributed by atoms with van der Waals surface area (Å²) in [4.78, 5) is 34.3. The van der Waals surface area contributed by atoms with Gasteiger partial charge in [0.2, 0.25) is 5.91 Å². The molecule has 5 atom stereocenters. The second kappa shape index (κ2) is 7.86. The lowest BCUT2D eigenvalue weighted by Gasteiger charge is -2.38. The number of aromatic nitrogens is 1. The largest absolute Gasteiger partial charge is 0.378 e. The number of amides is 2. The first-order valence-corrected chi connectivity index (χ1v) is 11.4. The predicted molar refractivity (Wildman–Crippen MR) is 118 cm³/mol. The van der Waals surface area contributed by atoms with Gasteiger partial charge in [0.25, 0.3) is 5.91 Å². The standard InChI is InChI=1S/C24H36N4O2/c1-15-7-9-28(23(30)21-13-17(27(4)5)6-8-25-21)18(10-15)14-26-22(29)16-11-19-20(12-16)24(19,2)3/h6,8,13,15-16,18-20H,7,9-12,14H2,1-5H3,(H,26,29)/t15-,16?,18+,19-,20+/m1/s1. The van der Waals surface area contributed by atoms with E-state index in [1.165, 1.54) is 0 Å².